The van der Waals surface area contributed by atoms with Crippen molar-refractivity contribution in [3.8, 4) is 0 Å². The van der Waals surface area contributed by atoms with Crippen molar-refractivity contribution < 1.29 is 4.79 Å². The molecule has 0 saturated carbocycles. The number of hydrogen-bond acceptors (Lipinski definition) is 1. The molecule has 3 heteroatoms. The molecule has 1 amide bonds. The first-order chi connectivity index (χ1) is 10.1. The average Bonchev–Trinajstić information content (AvgIpc) is 2.36. The lowest BCUT2D eigenvalue weighted by Crippen LogP contribution is -2.40. The molecule has 0 aromatic heterocycles. The van der Waals surface area contributed by atoms with Crippen molar-refractivity contribution >= 4 is 34.1 Å². The Balaban J connectivity index is 3.21. The van der Waals surface area contributed by atoms with Crippen molar-refractivity contribution in [1.29, 1.82) is 0 Å². The molecular formula is C19H26INO. The fourth-order valence-corrected chi connectivity index (χ4v) is 2.68. The minimum atomic E-state index is -0.232. The summed E-state index contributed by atoms with van der Waals surface area (Å²) in [5.41, 5.74) is 4.11. The number of halogens is 1. The van der Waals surface area contributed by atoms with E-state index in [1.807, 2.05) is 32.9 Å². The van der Waals surface area contributed by atoms with Crippen LogP contribution in [-0.2, 0) is 0 Å². The summed E-state index contributed by atoms with van der Waals surface area (Å²) >= 11 is 2.27. The van der Waals surface area contributed by atoms with Crippen LogP contribution in [0.2, 0.25) is 0 Å². The maximum atomic E-state index is 12.4. The van der Waals surface area contributed by atoms with Crippen molar-refractivity contribution in [1.82, 2.24) is 5.32 Å². The Morgan fingerprint density at radius 3 is 2.23 bits per heavy atom. The molecule has 0 spiro atoms. The van der Waals surface area contributed by atoms with Crippen LogP contribution in [0, 0.1) is 3.57 Å². The molecule has 0 unspecified atom stereocenters. The first kappa shape index (κ1) is 18.9. The molecule has 0 atom stereocenters. The van der Waals surface area contributed by atoms with Gasteiger partial charge in [0, 0.05) is 14.7 Å². The van der Waals surface area contributed by atoms with Crippen LogP contribution in [0.5, 0.6) is 0 Å². The Labute approximate surface area is 148 Å². The smallest absolute Gasteiger partial charge is 0.251 e. The first-order valence-corrected chi connectivity index (χ1v) is 8.68. The highest BCUT2D eigenvalue weighted by atomic mass is 127. The maximum Gasteiger partial charge on any atom is 0.251 e. The third-order valence-corrected chi connectivity index (χ3v) is 3.64. The van der Waals surface area contributed by atoms with E-state index >= 15 is 0 Å². The first-order valence-electron chi connectivity index (χ1n) is 7.60. The lowest BCUT2D eigenvalue weighted by atomic mass is 9.99. The molecule has 0 saturated heterocycles. The standard InChI is InChI=1S/C19H26INO/c1-7-14(9-8-13(2)3)15-10-16(12-17(20)11-15)18(22)21-19(4,5)6/h8-12H,7H2,1-6H3,(H,21,22)/b14-9+. The van der Waals surface area contributed by atoms with E-state index in [9.17, 15) is 4.79 Å². The molecule has 2 nitrogen and oxygen atoms in total. The summed E-state index contributed by atoms with van der Waals surface area (Å²) in [4.78, 5) is 12.4. The van der Waals surface area contributed by atoms with Crippen LogP contribution in [0.25, 0.3) is 5.57 Å². The van der Waals surface area contributed by atoms with Crippen LogP contribution in [0.1, 0.15) is 63.9 Å². The molecule has 0 radical (unpaired) electrons. The molecule has 0 aliphatic carbocycles. The van der Waals surface area contributed by atoms with Gasteiger partial charge in [-0.05, 0) is 93.0 Å². The third-order valence-electron chi connectivity index (χ3n) is 3.02. The fourth-order valence-electron chi connectivity index (χ4n) is 2.00. The maximum absolute atomic E-state index is 12.4. The SMILES string of the molecule is CC/C(=C\C=C(C)C)c1cc(I)cc(C(=O)NC(C)(C)C)c1. The molecular weight excluding hydrogens is 385 g/mol. The summed E-state index contributed by atoms with van der Waals surface area (Å²) in [5.74, 6) is -0.0232. The Bertz CT molecular complexity index is 602. The number of carbonyl (C=O) groups is 1. The van der Waals surface area contributed by atoms with Crippen molar-refractivity contribution in [3.63, 3.8) is 0 Å². The summed E-state index contributed by atoms with van der Waals surface area (Å²) in [6, 6.07) is 6.04. The average molecular weight is 411 g/mol. The number of nitrogens with one attached hydrogen (secondary N) is 1. The number of rotatable bonds is 4. The molecule has 1 aromatic rings. The Morgan fingerprint density at radius 1 is 1.14 bits per heavy atom. The summed E-state index contributed by atoms with van der Waals surface area (Å²) in [5, 5.41) is 3.02. The largest absolute Gasteiger partial charge is 0.347 e. The van der Waals surface area contributed by atoms with Gasteiger partial charge in [0.2, 0.25) is 0 Å². The van der Waals surface area contributed by atoms with Crippen LogP contribution in [0.4, 0.5) is 0 Å². The molecule has 0 bridgehead atoms. The lowest BCUT2D eigenvalue weighted by molar-refractivity contribution is 0.0919. The minimum absolute atomic E-state index is 0.0232. The van der Waals surface area contributed by atoms with E-state index in [2.05, 4.69) is 66.9 Å². The second-order valence-corrected chi connectivity index (χ2v) is 7.97. The van der Waals surface area contributed by atoms with Gasteiger partial charge in [0.15, 0.2) is 0 Å². The third kappa shape index (κ3) is 6.34. The van der Waals surface area contributed by atoms with Crippen molar-refractivity contribution in [3.05, 3.63) is 50.6 Å². The van der Waals surface area contributed by atoms with E-state index in [0.29, 0.717) is 5.56 Å². The highest BCUT2D eigenvalue weighted by Crippen LogP contribution is 2.23. The van der Waals surface area contributed by atoms with E-state index < -0.39 is 0 Å². The summed E-state index contributed by atoms with van der Waals surface area (Å²) in [6.07, 6.45) is 5.20. The predicted octanol–water partition coefficient (Wildman–Crippen LogP) is 5.58. The Hall–Kier alpha value is -1.10. The second-order valence-electron chi connectivity index (χ2n) is 6.72. The van der Waals surface area contributed by atoms with Gasteiger partial charge in [-0.25, -0.2) is 0 Å². The number of amides is 1. The molecule has 0 aliphatic rings. The van der Waals surface area contributed by atoms with Crippen LogP contribution in [0.3, 0.4) is 0 Å². The number of allylic oxidation sites excluding steroid dienone is 4. The highest BCUT2D eigenvalue weighted by Gasteiger charge is 2.16. The van der Waals surface area contributed by atoms with Gasteiger partial charge in [0.1, 0.15) is 0 Å². The zero-order valence-electron chi connectivity index (χ0n) is 14.4. The summed E-state index contributed by atoms with van der Waals surface area (Å²) in [7, 11) is 0. The van der Waals surface area contributed by atoms with Gasteiger partial charge < -0.3 is 5.32 Å². The zero-order chi connectivity index (χ0) is 16.9. The van der Waals surface area contributed by atoms with E-state index in [4.69, 9.17) is 0 Å². The van der Waals surface area contributed by atoms with Gasteiger partial charge in [0.05, 0.1) is 0 Å². The topological polar surface area (TPSA) is 29.1 Å². The minimum Gasteiger partial charge on any atom is -0.347 e. The van der Waals surface area contributed by atoms with Crippen molar-refractivity contribution in [2.75, 3.05) is 0 Å². The van der Waals surface area contributed by atoms with E-state index in [1.54, 1.807) is 0 Å². The van der Waals surface area contributed by atoms with E-state index in [0.717, 1.165) is 15.6 Å². The molecule has 0 heterocycles. The number of benzene rings is 1. The van der Waals surface area contributed by atoms with Crippen LogP contribution >= 0.6 is 22.6 Å². The Kier molecular flexibility index (Phi) is 6.85. The van der Waals surface area contributed by atoms with Gasteiger partial charge in [-0.15, -0.1) is 0 Å². The molecule has 22 heavy (non-hydrogen) atoms. The van der Waals surface area contributed by atoms with Gasteiger partial charge in [-0.2, -0.15) is 0 Å². The number of hydrogen-bond donors (Lipinski definition) is 1. The zero-order valence-corrected chi connectivity index (χ0v) is 16.5. The van der Waals surface area contributed by atoms with Gasteiger partial charge >= 0.3 is 0 Å². The molecule has 1 rings (SSSR count). The predicted molar refractivity (Wildman–Crippen MR) is 104 cm³/mol. The number of carbonyl (C=O) groups excluding carboxylic acids is 1. The van der Waals surface area contributed by atoms with Crippen LogP contribution in [-0.4, -0.2) is 11.4 Å². The Morgan fingerprint density at radius 2 is 1.73 bits per heavy atom. The quantitative estimate of drug-likeness (QED) is 0.509. The highest BCUT2D eigenvalue weighted by molar-refractivity contribution is 14.1. The lowest BCUT2D eigenvalue weighted by Gasteiger charge is -2.21. The molecule has 1 aromatic carbocycles. The van der Waals surface area contributed by atoms with Crippen LogP contribution < -0.4 is 5.32 Å². The van der Waals surface area contributed by atoms with Crippen LogP contribution in [0.15, 0.2) is 35.9 Å². The molecule has 0 aliphatic heterocycles. The van der Waals surface area contributed by atoms with E-state index in [-0.39, 0.29) is 11.4 Å². The van der Waals surface area contributed by atoms with Gasteiger partial charge in [-0.1, -0.05) is 24.6 Å². The molecule has 0 fully saturated rings. The van der Waals surface area contributed by atoms with Gasteiger partial charge in [-0.3, -0.25) is 4.79 Å². The van der Waals surface area contributed by atoms with Crippen molar-refractivity contribution in [2.24, 2.45) is 0 Å². The van der Waals surface area contributed by atoms with Crippen molar-refractivity contribution in [2.45, 2.75) is 53.5 Å². The summed E-state index contributed by atoms with van der Waals surface area (Å²) < 4.78 is 1.07. The normalized spacial score (nSPS) is 12.0. The summed E-state index contributed by atoms with van der Waals surface area (Å²) in [6.45, 7) is 12.3. The molecule has 1 N–H and O–H groups in total. The fraction of sp³-hybridized carbons (Fsp3) is 0.421. The van der Waals surface area contributed by atoms with E-state index in [1.165, 1.54) is 11.1 Å². The second kappa shape index (κ2) is 7.95. The molecule has 120 valence electrons. The monoisotopic (exact) mass is 411 g/mol. The van der Waals surface area contributed by atoms with Gasteiger partial charge in [0.25, 0.3) is 5.91 Å².